The van der Waals surface area contributed by atoms with Crippen LogP contribution in [0.25, 0.3) is 0 Å². The Morgan fingerprint density at radius 3 is 2.83 bits per heavy atom. The average molecular weight is 373 g/mol. The van der Waals surface area contributed by atoms with Gasteiger partial charge in [0.05, 0.1) is 12.7 Å². The monoisotopic (exact) mass is 372 g/mol. The number of nitrogens with zero attached hydrogens (tertiary/aromatic N) is 2. The molecule has 0 aliphatic rings. The second-order valence-corrected chi connectivity index (χ2v) is 6.27. The molecule has 0 aliphatic heterocycles. The number of carbonyl (C=O) groups excluding carboxylic acids is 1. The van der Waals surface area contributed by atoms with Crippen molar-refractivity contribution in [3.8, 4) is 5.75 Å². The largest absolute Gasteiger partial charge is 0.496 e. The third-order valence-corrected chi connectivity index (χ3v) is 4.16. The molecule has 128 valence electrons. The van der Waals surface area contributed by atoms with Crippen molar-refractivity contribution in [3.05, 3.63) is 52.7 Å². The van der Waals surface area contributed by atoms with Gasteiger partial charge in [0.2, 0.25) is 0 Å². The topological polar surface area (TPSA) is 42.4 Å². The molecule has 0 saturated carbocycles. The van der Waals surface area contributed by atoms with Crippen molar-refractivity contribution in [1.82, 2.24) is 9.88 Å². The molecule has 2 aromatic rings. The Morgan fingerprint density at radius 2 is 2.17 bits per heavy atom. The summed E-state index contributed by atoms with van der Waals surface area (Å²) in [4.78, 5) is 17.9. The van der Waals surface area contributed by atoms with Gasteiger partial charge in [0.1, 0.15) is 10.8 Å². The highest BCUT2D eigenvalue weighted by atomic mass is 35.5. The van der Waals surface area contributed by atoms with Crippen LogP contribution in [0.5, 0.6) is 5.75 Å². The number of pyridine rings is 1. The van der Waals surface area contributed by atoms with Crippen LogP contribution >= 0.6 is 23.4 Å². The second kappa shape index (κ2) is 8.30. The Morgan fingerprint density at radius 1 is 1.42 bits per heavy atom. The Labute approximate surface area is 147 Å². The van der Waals surface area contributed by atoms with Crippen LogP contribution in [-0.2, 0) is 6.54 Å². The normalized spacial score (nSPS) is 10.8. The van der Waals surface area contributed by atoms with Crippen LogP contribution in [0.15, 0.2) is 41.6 Å². The summed E-state index contributed by atoms with van der Waals surface area (Å²) < 4.78 is 30.5. The minimum absolute atomic E-state index is 0.00223. The van der Waals surface area contributed by atoms with Crippen LogP contribution in [0.4, 0.5) is 8.78 Å². The molecule has 1 aromatic carbocycles. The van der Waals surface area contributed by atoms with Crippen molar-refractivity contribution in [2.24, 2.45) is 0 Å². The quantitative estimate of drug-likeness (QED) is 0.708. The highest BCUT2D eigenvalue weighted by molar-refractivity contribution is 7.99. The van der Waals surface area contributed by atoms with E-state index in [1.54, 1.807) is 25.2 Å². The van der Waals surface area contributed by atoms with E-state index in [-0.39, 0.29) is 28.9 Å². The molecule has 0 atom stereocenters. The van der Waals surface area contributed by atoms with Crippen molar-refractivity contribution >= 4 is 29.3 Å². The summed E-state index contributed by atoms with van der Waals surface area (Å²) >= 11 is 6.23. The van der Waals surface area contributed by atoms with E-state index in [1.165, 1.54) is 30.3 Å². The number of hydrogen-bond acceptors (Lipinski definition) is 4. The van der Waals surface area contributed by atoms with E-state index in [2.05, 4.69) is 4.98 Å². The zero-order chi connectivity index (χ0) is 17.7. The first-order valence-corrected chi connectivity index (χ1v) is 8.16. The van der Waals surface area contributed by atoms with Gasteiger partial charge < -0.3 is 9.64 Å². The fraction of sp³-hybridized carbons (Fsp3) is 0.250. The molecule has 0 unspecified atom stereocenters. The molecule has 0 saturated heterocycles. The number of halogens is 3. The van der Waals surface area contributed by atoms with E-state index in [4.69, 9.17) is 16.3 Å². The maximum Gasteiger partial charge on any atom is 0.290 e. The predicted octanol–water partition coefficient (Wildman–Crippen LogP) is 4.33. The summed E-state index contributed by atoms with van der Waals surface area (Å²) in [5.74, 6) is -2.47. The maximum atomic E-state index is 12.6. The second-order valence-electron chi connectivity index (χ2n) is 4.85. The standard InChI is InChI=1S/C16H15ClF2N2O2S/c1-21(9-10-8-11(17)5-6-13(10)23-2)15(22)12-4-3-7-20-14(12)24-16(18)19/h3-8,16H,9H2,1-2H3. The van der Waals surface area contributed by atoms with Gasteiger partial charge in [-0.05, 0) is 42.1 Å². The SMILES string of the molecule is COc1ccc(Cl)cc1CN(C)C(=O)c1cccnc1SC(F)F. The summed E-state index contributed by atoms with van der Waals surface area (Å²) in [7, 11) is 3.10. The maximum absolute atomic E-state index is 12.6. The molecule has 0 N–H and O–H groups in total. The lowest BCUT2D eigenvalue weighted by Crippen LogP contribution is -2.27. The van der Waals surface area contributed by atoms with Crippen molar-refractivity contribution in [2.45, 2.75) is 17.3 Å². The lowest BCUT2D eigenvalue weighted by atomic mass is 10.1. The first kappa shape index (κ1) is 18.5. The third kappa shape index (κ3) is 4.58. The van der Waals surface area contributed by atoms with Gasteiger partial charge in [-0.2, -0.15) is 8.78 Å². The Kier molecular flexibility index (Phi) is 6.39. The number of amides is 1. The van der Waals surface area contributed by atoms with Gasteiger partial charge in [0.15, 0.2) is 0 Å². The Bertz CT molecular complexity index is 731. The van der Waals surface area contributed by atoms with E-state index < -0.39 is 11.7 Å². The van der Waals surface area contributed by atoms with E-state index in [1.807, 2.05) is 0 Å². The van der Waals surface area contributed by atoms with Crippen LogP contribution < -0.4 is 4.74 Å². The number of alkyl halides is 2. The van der Waals surface area contributed by atoms with Crippen LogP contribution in [0.2, 0.25) is 5.02 Å². The minimum Gasteiger partial charge on any atom is -0.496 e. The predicted molar refractivity (Wildman–Crippen MR) is 89.9 cm³/mol. The third-order valence-electron chi connectivity index (χ3n) is 3.20. The summed E-state index contributed by atoms with van der Waals surface area (Å²) in [5.41, 5.74) is 0.846. The molecule has 1 heterocycles. The van der Waals surface area contributed by atoms with Gasteiger partial charge in [-0.15, -0.1) is 0 Å². The molecule has 4 nitrogen and oxygen atoms in total. The van der Waals surface area contributed by atoms with Gasteiger partial charge in [0.25, 0.3) is 11.7 Å². The van der Waals surface area contributed by atoms with Crippen LogP contribution in [0.1, 0.15) is 15.9 Å². The van der Waals surface area contributed by atoms with Gasteiger partial charge >= 0.3 is 0 Å². The molecule has 0 bridgehead atoms. The van der Waals surface area contributed by atoms with Gasteiger partial charge in [-0.3, -0.25) is 4.79 Å². The number of carbonyl (C=O) groups is 1. The van der Waals surface area contributed by atoms with Crippen molar-refractivity contribution < 1.29 is 18.3 Å². The van der Waals surface area contributed by atoms with E-state index in [9.17, 15) is 13.6 Å². The number of methoxy groups -OCH3 is 1. The zero-order valence-corrected chi connectivity index (χ0v) is 14.6. The molecule has 1 amide bonds. The lowest BCUT2D eigenvalue weighted by Gasteiger charge is -2.20. The number of benzene rings is 1. The number of aromatic nitrogens is 1. The number of rotatable bonds is 6. The van der Waals surface area contributed by atoms with Crippen molar-refractivity contribution in [1.29, 1.82) is 0 Å². The molecule has 8 heteroatoms. The van der Waals surface area contributed by atoms with Crippen LogP contribution in [0.3, 0.4) is 0 Å². The van der Waals surface area contributed by atoms with Gasteiger partial charge in [0, 0.05) is 30.4 Å². The molecule has 0 radical (unpaired) electrons. The van der Waals surface area contributed by atoms with Crippen molar-refractivity contribution in [2.75, 3.05) is 14.2 Å². The van der Waals surface area contributed by atoms with Crippen LogP contribution in [-0.4, -0.2) is 35.7 Å². The zero-order valence-electron chi connectivity index (χ0n) is 13.0. The molecule has 24 heavy (non-hydrogen) atoms. The fourth-order valence-electron chi connectivity index (χ4n) is 2.14. The average Bonchev–Trinajstić information content (AvgIpc) is 2.54. The number of thioether (sulfide) groups is 1. The highest BCUT2D eigenvalue weighted by Gasteiger charge is 2.20. The van der Waals surface area contributed by atoms with E-state index >= 15 is 0 Å². The molecule has 2 rings (SSSR count). The lowest BCUT2D eigenvalue weighted by molar-refractivity contribution is 0.0780. The Hall–Kier alpha value is -1.86. The summed E-state index contributed by atoms with van der Waals surface area (Å²) in [6, 6.07) is 8.10. The molecule has 1 aromatic heterocycles. The summed E-state index contributed by atoms with van der Waals surface area (Å²) in [5, 5.41) is 0.518. The van der Waals surface area contributed by atoms with Crippen molar-refractivity contribution in [3.63, 3.8) is 0 Å². The van der Waals surface area contributed by atoms with E-state index in [0.717, 1.165) is 0 Å². The first-order valence-electron chi connectivity index (χ1n) is 6.90. The van der Waals surface area contributed by atoms with Gasteiger partial charge in [-0.25, -0.2) is 4.98 Å². The number of ether oxygens (including phenoxy) is 1. The smallest absolute Gasteiger partial charge is 0.290 e. The minimum atomic E-state index is -2.65. The summed E-state index contributed by atoms with van der Waals surface area (Å²) in [6.07, 6.45) is 1.38. The molecule has 0 aliphatic carbocycles. The molecule has 0 fully saturated rings. The highest BCUT2D eigenvalue weighted by Crippen LogP contribution is 2.28. The molecular formula is C16H15ClF2N2O2S. The Balaban J connectivity index is 2.23. The molecule has 0 spiro atoms. The molecular weight excluding hydrogens is 358 g/mol. The summed E-state index contributed by atoms with van der Waals surface area (Å²) in [6.45, 7) is 0.218. The number of hydrogen-bond donors (Lipinski definition) is 0. The first-order chi connectivity index (χ1) is 11.4. The van der Waals surface area contributed by atoms with E-state index in [0.29, 0.717) is 16.3 Å². The van der Waals surface area contributed by atoms with Gasteiger partial charge in [-0.1, -0.05) is 11.6 Å². The van der Waals surface area contributed by atoms with Crippen LogP contribution in [0, 0.1) is 0 Å². The fourth-order valence-corrected chi connectivity index (χ4v) is 2.90.